The maximum atomic E-state index is 13.2. The van der Waals surface area contributed by atoms with Crippen LogP contribution < -0.4 is 4.74 Å². The number of halogens is 1. The van der Waals surface area contributed by atoms with Crippen LogP contribution >= 0.6 is 0 Å². The Kier molecular flexibility index (Phi) is 5.01. The molecule has 0 bridgehead atoms. The number of benzene rings is 2. The molecule has 26 heavy (non-hydrogen) atoms. The molecule has 2 aromatic carbocycles. The first kappa shape index (κ1) is 18.4. The predicted octanol–water partition coefficient (Wildman–Crippen LogP) is 4.98. The maximum absolute atomic E-state index is 13.2. The lowest BCUT2D eigenvalue weighted by atomic mass is 9.97. The van der Waals surface area contributed by atoms with Crippen molar-refractivity contribution in [3.05, 3.63) is 64.5 Å². The van der Waals surface area contributed by atoms with Gasteiger partial charge in [-0.3, -0.25) is 0 Å². The van der Waals surface area contributed by atoms with Gasteiger partial charge in [0.15, 0.2) is 9.84 Å². The van der Waals surface area contributed by atoms with E-state index in [2.05, 4.69) is 6.92 Å². The number of fused-ring (bicyclic) bond motifs is 1. The molecule has 5 heteroatoms. The lowest BCUT2D eigenvalue weighted by Gasteiger charge is -2.12. The molecule has 0 aliphatic heterocycles. The summed E-state index contributed by atoms with van der Waals surface area (Å²) in [6, 6.07) is 9.73. The number of methoxy groups -OCH3 is 1. The van der Waals surface area contributed by atoms with Crippen LogP contribution in [-0.2, 0) is 9.84 Å². The number of sulfone groups is 1. The van der Waals surface area contributed by atoms with E-state index in [4.69, 9.17) is 4.74 Å². The van der Waals surface area contributed by atoms with Gasteiger partial charge in [0.25, 0.3) is 0 Å². The summed E-state index contributed by atoms with van der Waals surface area (Å²) >= 11 is 0. The van der Waals surface area contributed by atoms with Crippen molar-refractivity contribution < 1.29 is 17.5 Å². The van der Waals surface area contributed by atoms with Crippen LogP contribution in [0.5, 0.6) is 5.75 Å². The Bertz CT molecular complexity index is 1000. The molecular weight excluding hydrogens is 351 g/mol. The fourth-order valence-electron chi connectivity index (χ4n) is 3.26. The van der Waals surface area contributed by atoms with Crippen LogP contribution in [0.15, 0.2) is 46.9 Å². The third-order valence-corrected chi connectivity index (χ3v) is 5.54. The third-order valence-electron chi connectivity index (χ3n) is 4.42. The fourth-order valence-corrected chi connectivity index (χ4v) is 4.10. The van der Waals surface area contributed by atoms with Gasteiger partial charge in [0, 0.05) is 11.8 Å². The molecule has 0 heterocycles. The summed E-state index contributed by atoms with van der Waals surface area (Å²) in [7, 11) is -1.91. The second kappa shape index (κ2) is 7.08. The van der Waals surface area contributed by atoms with E-state index in [9.17, 15) is 12.8 Å². The highest BCUT2D eigenvalue weighted by Crippen LogP contribution is 2.45. The Morgan fingerprint density at radius 1 is 1.12 bits per heavy atom. The topological polar surface area (TPSA) is 43.4 Å². The molecule has 2 aromatic rings. The molecule has 0 amide bonds. The summed E-state index contributed by atoms with van der Waals surface area (Å²) < 4.78 is 42.8. The Morgan fingerprint density at radius 2 is 1.81 bits per heavy atom. The van der Waals surface area contributed by atoms with E-state index in [1.165, 1.54) is 25.5 Å². The zero-order valence-electron chi connectivity index (χ0n) is 15.0. The summed E-state index contributed by atoms with van der Waals surface area (Å²) in [6.45, 7) is 2.10. The first-order chi connectivity index (χ1) is 12.3. The van der Waals surface area contributed by atoms with E-state index >= 15 is 0 Å². The molecule has 0 fully saturated rings. The molecule has 0 atom stereocenters. The van der Waals surface area contributed by atoms with Crippen LogP contribution in [0.1, 0.15) is 36.5 Å². The Hall–Kier alpha value is -2.40. The summed E-state index contributed by atoms with van der Waals surface area (Å²) in [5, 5.41) is 0. The smallest absolute Gasteiger partial charge is 0.179 e. The van der Waals surface area contributed by atoms with Crippen molar-refractivity contribution in [3.8, 4) is 5.75 Å². The average Bonchev–Trinajstić information content (AvgIpc) is 2.93. The van der Waals surface area contributed by atoms with Gasteiger partial charge in [0.05, 0.1) is 7.11 Å². The van der Waals surface area contributed by atoms with Gasteiger partial charge < -0.3 is 4.74 Å². The Balaban J connectivity index is 2.20. The van der Waals surface area contributed by atoms with Gasteiger partial charge in [0.1, 0.15) is 16.5 Å². The molecule has 0 radical (unpaired) electrons. The molecule has 0 aromatic heterocycles. The largest absolute Gasteiger partial charge is 0.495 e. The minimum atomic E-state index is -3.39. The Morgan fingerprint density at radius 3 is 2.38 bits per heavy atom. The molecule has 0 N–H and O–H groups in total. The fraction of sp³-hybridized carbons (Fsp3) is 0.238. The molecule has 1 aliphatic rings. The lowest BCUT2D eigenvalue weighted by molar-refractivity contribution is 0.402. The minimum Gasteiger partial charge on any atom is -0.495 e. The highest BCUT2D eigenvalue weighted by Gasteiger charge is 2.26. The van der Waals surface area contributed by atoms with Crippen LogP contribution in [0.3, 0.4) is 0 Å². The van der Waals surface area contributed by atoms with E-state index < -0.39 is 9.84 Å². The van der Waals surface area contributed by atoms with E-state index in [1.54, 1.807) is 18.2 Å². The maximum Gasteiger partial charge on any atom is 0.179 e. The van der Waals surface area contributed by atoms with Crippen LogP contribution in [-0.4, -0.2) is 21.8 Å². The van der Waals surface area contributed by atoms with Gasteiger partial charge in [-0.25, -0.2) is 12.8 Å². The van der Waals surface area contributed by atoms with E-state index in [1.807, 2.05) is 18.2 Å². The van der Waals surface area contributed by atoms with Crippen molar-refractivity contribution in [2.75, 3.05) is 13.4 Å². The molecule has 136 valence electrons. The molecule has 0 spiro atoms. The number of hydrogen-bond acceptors (Lipinski definition) is 3. The minimum absolute atomic E-state index is 0.189. The number of rotatable bonds is 5. The third kappa shape index (κ3) is 3.44. The van der Waals surface area contributed by atoms with Crippen molar-refractivity contribution in [2.45, 2.75) is 24.7 Å². The van der Waals surface area contributed by atoms with Crippen molar-refractivity contribution in [3.63, 3.8) is 0 Å². The van der Waals surface area contributed by atoms with Crippen LogP contribution in [0.4, 0.5) is 4.39 Å². The SMILES string of the molecule is CCCC1=Cc2c(ccc(S(C)(=O)=O)c2OC)/C1=C\c1ccc(F)cc1. The van der Waals surface area contributed by atoms with Gasteiger partial charge in [-0.2, -0.15) is 0 Å². The molecule has 1 aliphatic carbocycles. The summed E-state index contributed by atoms with van der Waals surface area (Å²) in [5.41, 5.74) is 4.75. The van der Waals surface area contributed by atoms with Gasteiger partial charge in [-0.1, -0.05) is 31.5 Å². The monoisotopic (exact) mass is 372 g/mol. The first-order valence-corrected chi connectivity index (χ1v) is 10.3. The molecule has 0 saturated heterocycles. The standard InChI is InChI=1S/C21H21FO3S/c1-4-5-15-13-19-17(10-11-20(21(19)25-2)26(3,23)24)18(15)12-14-6-8-16(22)9-7-14/h6-13H,4-5H2,1-3H3/b18-12-. The van der Waals surface area contributed by atoms with E-state index in [-0.39, 0.29) is 10.7 Å². The summed E-state index contributed by atoms with van der Waals surface area (Å²) in [6.07, 6.45) is 7.01. The zero-order chi connectivity index (χ0) is 18.9. The van der Waals surface area contributed by atoms with Gasteiger partial charge in [-0.05, 0) is 59.0 Å². The van der Waals surface area contributed by atoms with Gasteiger partial charge in [0.2, 0.25) is 0 Å². The molecule has 3 nitrogen and oxygen atoms in total. The molecule has 0 unspecified atom stereocenters. The molecule has 3 rings (SSSR count). The lowest BCUT2D eigenvalue weighted by Crippen LogP contribution is -2.03. The summed E-state index contributed by atoms with van der Waals surface area (Å²) in [4.78, 5) is 0.189. The predicted molar refractivity (Wildman–Crippen MR) is 103 cm³/mol. The first-order valence-electron chi connectivity index (χ1n) is 8.44. The average molecular weight is 372 g/mol. The van der Waals surface area contributed by atoms with Crippen molar-refractivity contribution in [1.29, 1.82) is 0 Å². The quantitative estimate of drug-likeness (QED) is 0.744. The molecule has 0 saturated carbocycles. The normalized spacial score (nSPS) is 15.1. The van der Waals surface area contributed by atoms with Crippen LogP contribution in [0.25, 0.3) is 17.7 Å². The van der Waals surface area contributed by atoms with E-state index in [0.29, 0.717) is 5.75 Å². The van der Waals surface area contributed by atoms with Crippen molar-refractivity contribution >= 4 is 27.6 Å². The van der Waals surface area contributed by atoms with E-state index in [0.717, 1.165) is 40.7 Å². The van der Waals surface area contributed by atoms with Gasteiger partial charge in [-0.15, -0.1) is 0 Å². The molecular formula is C21H21FO3S. The highest BCUT2D eigenvalue weighted by atomic mass is 32.2. The van der Waals surface area contributed by atoms with Crippen molar-refractivity contribution in [2.24, 2.45) is 0 Å². The highest BCUT2D eigenvalue weighted by molar-refractivity contribution is 7.90. The second-order valence-electron chi connectivity index (χ2n) is 6.36. The van der Waals surface area contributed by atoms with Crippen LogP contribution in [0.2, 0.25) is 0 Å². The zero-order valence-corrected chi connectivity index (χ0v) is 15.9. The van der Waals surface area contributed by atoms with Crippen molar-refractivity contribution in [1.82, 2.24) is 0 Å². The second-order valence-corrected chi connectivity index (χ2v) is 8.34. The Labute approximate surface area is 153 Å². The number of ether oxygens (including phenoxy) is 1. The number of allylic oxidation sites excluding steroid dienone is 2. The van der Waals surface area contributed by atoms with Gasteiger partial charge >= 0.3 is 0 Å². The number of hydrogen-bond donors (Lipinski definition) is 0. The summed E-state index contributed by atoms with van der Waals surface area (Å²) in [5.74, 6) is 0.101. The van der Waals surface area contributed by atoms with Crippen LogP contribution in [0, 0.1) is 5.82 Å².